The molecule has 1 saturated heterocycles. The van der Waals surface area contributed by atoms with Gasteiger partial charge in [-0.25, -0.2) is 0 Å². The van der Waals surface area contributed by atoms with Crippen LogP contribution in [0.1, 0.15) is 19.8 Å². The Morgan fingerprint density at radius 3 is 2.35 bits per heavy atom. The van der Waals surface area contributed by atoms with Crippen molar-refractivity contribution in [2.24, 2.45) is 5.73 Å². The number of hydrogen-bond donors (Lipinski definition) is 2. The highest BCUT2D eigenvalue weighted by molar-refractivity contribution is 5.81. The van der Waals surface area contributed by atoms with E-state index >= 15 is 0 Å². The van der Waals surface area contributed by atoms with E-state index in [-0.39, 0.29) is 12.3 Å². The van der Waals surface area contributed by atoms with E-state index in [1.165, 1.54) is 0 Å². The molecule has 0 aromatic rings. The predicted molar refractivity (Wildman–Crippen MR) is 63.5 cm³/mol. The molecule has 1 rings (SSSR count). The first-order chi connectivity index (χ1) is 8.04. The van der Waals surface area contributed by atoms with Crippen LogP contribution in [0.4, 0.5) is 0 Å². The number of carboxylic acid groups (broad SMARTS) is 1. The monoisotopic (exact) mass is 243 g/mol. The number of piperazine rings is 1. The van der Waals surface area contributed by atoms with E-state index in [0.717, 1.165) is 13.1 Å². The van der Waals surface area contributed by atoms with Crippen LogP contribution in [0.3, 0.4) is 0 Å². The first kappa shape index (κ1) is 13.9. The first-order valence-corrected chi connectivity index (χ1v) is 6.03. The van der Waals surface area contributed by atoms with E-state index in [1.54, 1.807) is 4.90 Å². The van der Waals surface area contributed by atoms with Crippen molar-refractivity contribution >= 4 is 11.9 Å². The Morgan fingerprint density at radius 2 is 1.88 bits per heavy atom. The summed E-state index contributed by atoms with van der Waals surface area (Å²) in [5.74, 6) is -0.776. The number of aliphatic carboxylic acids is 1. The molecule has 3 N–H and O–H groups in total. The largest absolute Gasteiger partial charge is 0.481 e. The molecule has 1 fully saturated rings. The summed E-state index contributed by atoms with van der Waals surface area (Å²) in [6.45, 7) is 5.20. The lowest BCUT2D eigenvalue weighted by Crippen LogP contribution is -2.53. The molecule has 0 spiro atoms. The van der Waals surface area contributed by atoms with Crippen LogP contribution in [0.25, 0.3) is 0 Å². The maximum absolute atomic E-state index is 11.8. The summed E-state index contributed by atoms with van der Waals surface area (Å²) >= 11 is 0. The lowest BCUT2D eigenvalue weighted by atomic mass is 10.2. The van der Waals surface area contributed by atoms with Gasteiger partial charge >= 0.3 is 5.97 Å². The number of nitrogens with two attached hydrogens (primary N) is 1. The Labute approximate surface area is 101 Å². The van der Waals surface area contributed by atoms with Gasteiger partial charge in [-0.15, -0.1) is 0 Å². The van der Waals surface area contributed by atoms with Gasteiger partial charge in [-0.3, -0.25) is 14.5 Å². The fraction of sp³-hybridized carbons (Fsp3) is 0.818. The lowest BCUT2D eigenvalue weighted by Gasteiger charge is -2.35. The van der Waals surface area contributed by atoms with Crippen LogP contribution in [0.2, 0.25) is 0 Å². The van der Waals surface area contributed by atoms with E-state index in [0.29, 0.717) is 26.1 Å². The normalized spacial score (nSPS) is 19.1. The van der Waals surface area contributed by atoms with Gasteiger partial charge in [0.05, 0.1) is 12.5 Å². The summed E-state index contributed by atoms with van der Waals surface area (Å²) < 4.78 is 0. The Balaban J connectivity index is 2.30. The summed E-state index contributed by atoms with van der Waals surface area (Å²) in [6.07, 6.45) is 0.806. The zero-order valence-corrected chi connectivity index (χ0v) is 10.3. The molecule has 0 aliphatic carbocycles. The molecule has 17 heavy (non-hydrogen) atoms. The highest BCUT2D eigenvalue weighted by atomic mass is 16.4. The van der Waals surface area contributed by atoms with Gasteiger partial charge in [-0.2, -0.15) is 0 Å². The maximum atomic E-state index is 11.8. The molecule has 0 bridgehead atoms. The van der Waals surface area contributed by atoms with E-state index < -0.39 is 12.0 Å². The molecular weight excluding hydrogens is 222 g/mol. The fourth-order valence-electron chi connectivity index (χ4n) is 1.85. The number of amides is 1. The van der Waals surface area contributed by atoms with E-state index in [2.05, 4.69) is 4.90 Å². The quantitative estimate of drug-likeness (QED) is 0.669. The van der Waals surface area contributed by atoms with Crippen LogP contribution in [0.5, 0.6) is 0 Å². The van der Waals surface area contributed by atoms with Gasteiger partial charge < -0.3 is 15.7 Å². The minimum Gasteiger partial charge on any atom is -0.481 e. The second-order valence-corrected chi connectivity index (χ2v) is 4.33. The van der Waals surface area contributed by atoms with Gasteiger partial charge in [0.2, 0.25) is 5.91 Å². The standard InChI is InChI=1S/C11H21N3O3/c1-2-9(12)11(17)14-7-5-13(6-8-14)4-3-10(15)16/h9H,2-8,12H2,1H3,(H,15,16)/t9-/m0/s1. The second kappa shape index (κ2) is 6.56. The Kier molecular flexibility index (Phi) is 5.37. The van der Waals surface area contributed by atoms with Crippen molar-refractivity contribution in [2.75, 3.05) is 32.7 Å². The SMILES string of the molecule is CC[C@H](N)C(=O)N1CCN(CCC(=O)O)CC1. The number of nitrogens with zero attached hydrogens (tertiary/aromatic N) is 2. The Morgan fingerprint density at radius 1 is 1.29 bits per heavy atom. The Bertz CT molecular complexity index is 275. The first-order valence-electron chi connectivity index (χ1n) is 6.03. The molecule has 6 nitrogen and oxygen atoms in total. The summed E-state index contributed by atoms with van der Waals surface area (Å²) in [4.78, 5) is 26.1. The molecule has 1 aliphatic rings. The van der Waals surface area contributed by atoms with Gasteiger partial charge in [0.25, 0.3) is 0 Å². The molecule has 1 atom stereocenters. The summed E-state index contributed by atoms with van der Waals surface area (Å²) in [5.41, 5.74) is 5.70. The topological polar surface area (TPSA) is 86.9 Å². The van der Waals surface area contributed by atoms with Crippen LogP contribution in [0, 0.1) is 0 Å². The van der Waals surface area contributed by atoms with Gasteiger partial charge in [-0.1, -0.05) is 6.92 Å². The van der Waals surface area contributed by atoms with E-state index in [9.17, 15) is 9.59 Å². The second-order valence-electron chi connectivity index (χ2n) is 4.33. The van der Waals surface area contributed by atoms with E-state index in [1.807, 2.05) is 6.92 Å². The highest BCUT2D eigenvalue weighted by Crippen LogP contribution is 2.05. The van der Waals surface area contributed by atoms with Crippen LogP contribution >= 0.6 is 0 Å². The average molecular weight is 243 g/mol. The van der Waals surface area contributed by atoms with Crippen molar-refractivity contribution in [3.63, 3.8) is 0 Å². The highest BCUT2D eigenvalue weighted by Gasteiger charge is 2.24. The number of carbonyl (C=O) groups excluding carboxylic acids is 1. The van der Waals surface area contributed by atoms with Crippen LogP contribution in [-0.2, 0) is 9.59 Å². The molecule has 0 radical (unpaired) electrons. The molecular formula is C11H21N3O3. The zero-order chi connectivity index (χ0) is 12.8. The third-order valence-corrected chi connectivity index (χ3v) is 3.08. The molecule has 0 aromatic heterocycles. The van der Waals surface area contributed by atoms with E-state index in [4.69, 9.17) is 10.8 Å². The predicted octanol–water partition coefficient (Wildman–Crippen LogP) is -0.657. The summed E-state index contributed by atoms with van der Waals surface area (Å²) in [5, 5.41) is 8.58. The molecule has 0 aromatic carbocycles. The van der Waals surface area contributed by atoms with Crippen molar-refractivity contribution in [1.29, 1.82) is 0 Å². The van der Waals surface area contributed by atoms with Gasteiger partial charge in [-0.05, 0) is 6.42 Å². The van der Waals surface area contributed by atoms with Gasteiger partial charge in [0, 0.05) is 32.7 Å². The maximum Gasteiger partial charge on any atom is 0.304 e. The number of carbonyl (C=O) groups is 2. The van der Waals surface area contributed by atoms with Crippen LogP contribution in [-0.4, -0.2) is 65.5 Å². The smallest absolute Gasteiger partial charge is 0.304 e. The van der Waals surface area contributed by atoms with Crippen LogP contribution in [0.15, 0.2) is 0 Å². The number of hydrogen-bond acceptors (Lipinski definition) is 4. The third kappa shape index (κ3) is 4.32. The lowest BCUT2D eigenvalue weighted by molar-refractivity contribution is -0.138. The number of carboxylic acids is 1. The van der Waals surface area contributed by atoms with Crippen molar-refractivity contribution in [1.82, 2.24) is 9.80 Å². The fourth-order valence-corrected chi connectivity index (χ4v) is 1.85. The Hall–Kier alpha value is -1.14. The summed E-state index contributed by atoms with van der Waals surface area (Å²) in [7, 11) is 0. The molecule has 1 heterocycles. The van der Waals surface area contributed by atoms with Gasteiger partial charge in [0.1, 0.15) is 0 Å². The molecule has 0 unspecified atom stereocenters. The molecule has 1 aliphatic heterocycles. The third-order valence-electron chi connectivity index (χ3n) is 3.08. The minimum atomic E-state index is -0.781. The number of rotatable bonds is 5. The van der Waals surface area contributed by atoms with Crippen molar-refractivity contribution in [2.45, 2.75) is 25.8 Å². The minimum absolute atomic E-state index is 0.00499. The van der Waals surface area contributed by atoms with Crippen molar-refractivity contribution in [3.05, 3.63) is 0 Å². The van der Waals surface area contributed by atoms with Crippen molar-refractivity contribution in [3.8, 4) is 0 Å². The van der Waals surface area contributed by atoms with Crippen molar-refractivity contribution < 1.29 is 14.7 Å². The zero-order valence-electron chi connectivity index (χ0n) is 10.3. The average Bonchev–Trinajstić information content (AvgIpc) is 2.35. The van der Waals surface area contributed by atoms with Crippen LogP contribution < -0.4 is 5.73 Å². The molecule has 98 valence electrons. The summed E-state index contributed by atoms with van der Waals surface area (Å²) in [6, 6.07) is -0.402. The molecule has 0 saturated carbocycles. The van der Waals surface area contributed by atoms with Gasteiger partial charge in [0.15, 0.2) is 0 Å². The molecule has 1 amide bonds. The molecule has 6 heteroatoms.